The zero-order valence-electron chi connectivity index (χ0n) is 14.7. The van der Waals surface area contributed by atoms with Crippen LogP contribution in [0.15, 0.2) is 30.3 Å². The number of hydrogen-bond donors (Lipinski definition) is 0. The molecule has 0 spiro atoms. The Morgan fingerprint density at radius 1 is 1.04 bits per heavy atom. The summed E-state index contributed by atoms with van der Waals surface area (Å²) in [5.74, 6) is 2.67. The van der Waals surface area contributed by atoms with E-state index in [0.717, 1.165) is 28.7 Å². The van der Waals surface area contributed by atoms with Gasteiger partial charge in [0, 0.05) is 29.8 Å². The summed E-state index contributed by atoms with van der Waals surface area (Å²) in [7, 11) is 3.30. The molecule has 4 nitrogen and oxygen atoms in total. The molecule has 132 valence electrons. The minimum atomic E-state index is -0.0427. The van der Waals surface area contributed by atoms with E-state index in [0.29, 0.717) is 18.2 Å². The van der Waals surface area contributed by atoms with Gasteiger partial charge in [0.25, 0.3) is 0 Å². The van der Waals surface area contributed by atoms with Crippen molar-refractivity contribution in [3.8, 4) is 17.2 Å². The first-order chi connectivity index (χ1) is 11.6. The van der Waals surface area contributed by atoms with E-state index in [1.807, 2.05) is 44.2 Å². The lowest BCUT2D eigenvalue weighted by Gasteiger charge is -2.20. The summed E-state index contributed by atoms with van der Waals surface area (Å²) in [6, 6.07) is 9.85. The van der Waals surface area contributed by atoms with Crippen LogP contribution in [0.4, 0.5) is 0 Å². The fraction of sp³-hybridized carbons (Fsp3) is 0.474. The van der Waals surface area contributed by atoms with Crippen molar-refractivity contribution >= 4 is 22.4 Å². The third kappa shape index (κ3) is 4.46. The summed E-state index contributed by atoms with van der Waals surface area (Å²) in [5, 5.41) is 1.95. The maximum atomic E-state index is 6.01. The fourth-order valence-electron chi connectivity index (χ4n) is 2.49. The normalized spacial score (nSPS) is 12.4. The molecule has 0 aliphatic rings. The Kier molecular flexibility index (Phi) is 7.00. The predicted molar refractivity (Wildman–Crippen MR) is 97.9 cm³/mol. The smallest absolute Gasteiger partial charge is 0.169 e. The van der Waals surface area contributed by atoms with Crippen molar-refractivity contribution in [2.24, 2.45) is 0 Å². The first-order valence-electron chi connectivity index (χ1n) is 8.08. The third-order valence-electron chi connectivity index (χ3n) is 3.69. The molecule has 0 saturated heterocycles. The fourth-order valence-corrected chi connectivity index (χ4v) is 2.74. The maximum Gasteiger partial charge on any atom is 0.169 e. The first-order valence-corrected chi connectivity index (χ1v) is 8.62. The Hall–Kier alpha value is -1.65. The average molecular weight is 353 g/mol. The molecule has 5 heteroatoms. The van der Waals surface area contributed by atoms with Gasteiger partial charge in [-0.05, 0) is 20.3 Å². The number of hydrogen-bond acceptors (Lipinski definition) is 4. The number of alkyl halides is 1. The van der Waals surface area contributed by atoms with Crippen molar-refractivity contribution in [1.82, 2.24) is 0 Å². The molecule has 0 N–H and O–H groups in total. The van der Waals surface area contributed by atoms with Crippen molar-refractivity contribution in [2.75, 3.05) is 26.7 Å². The van der Waals surface area contributed by atoms with Crippen LogP contribution in [0.5, 0.6) is 17.2 Å². The van der Waals surface area contributed by atoms with Crippen LogP contribution in [0, 0.1) is 0 Å². The van der Waals surface area contributed by atoms with Gasteiger partial charge in [0.15, 0.2) is 11.5 Å². The zero-order valence-corrected chi connectivity index (χ0v) is 15.4. The Morgan fingerprint density at radius 3 is 2.33 bits per heavy atom. The Balaban J connectivity index is 2.40. The molecular formula is C19H25ClO4. The van der Waals surface area contributed by atoms with E-state index >= 15 is 0 Å². The highest BCUT2D eigenvalue weighted by atomic mass is 35.5. The molecule has 0 heterocycles. The molecule has 0 aromatic heterocycles. The van der Waals surface area contributed by atoms with Gasteiger partial charge in [0.1, 0.15) is 12.4 Å². The SMILES string of the molecule is COc1cc(OCC(CCCl)OC)c2ccccc2c1OC(C)C. The van der Waals surface area contributed by atoms with Gasteiger partial charge in [0.05, 0.1) is 19.3 Å². The molecule has 0 amide bonds. The van der Waals surface area contributed by atoms with Gasteiger partial charge in [-0.3, -0.25) is 0 Å². The topological polar surface area (TPSA) is 36.9 Å². The highest BCUT2D eigenvalue weighted by Gasteiger charge is 2.17. The van der Waals surface area contributed by atoms with Gasteiger partial charge < -0.3 is 18.9 Å². The van der Waals surface area contributed by atoms with E-state index in [9.17, 15) is 0 Å². The molecule has 2 aromatic carbocycles. The highest BCUT2D eigenvalue weighted by Crippen LogP contribution is 2.42. The summed E-state index contributed by atoms with van der Waals surface area (Å²) >= 11 is 5.80. The summed E-state index contributed by atoms with van der Waals surface area (Å²) in [5.41, 5.74) is 0. The van der Waals surface area contributed by atoms with Crippen LogP contribution < -0.4 is 14.2 Å². The maximum absolute atomic E-state index is 6.01. The molecule has 2 aromatic rings. The molecular weight excluding hydrogens is 328 g/mol. The number of methoxy groups -OCH3 is 2. The van der Waals surface area contributed by atoms with Crippen LogP contribution in [0.25, 0.3) is 10.8 Å². The van der Waals surface area contributed by atoms with E-state index in [1.54, 1.807) is 14.2 Å². The molecule has 0 fully saturated rings. The predicted octanol–water partition coefficient (Wildman–Crippen LogP) is 4.66. The molecule has 0 bridgehead atoms. The quantitative estimate of drug-likeness (QED) is 0.615. The van der Waals surface area contributed by atoms with Gasteiger partial charge in [-0.25, -0.2) is 0 Å². The van der Waals surface area contributed by atoms with Gasteiger partial charge in [-0.15, -0.1) is 11.6 Å². The van der Waals surface area contributed by atoms with Crippen molar-refractivity contribution in [3.63, 3.8) is 0 Å². The molecule has 0 aliphatic carbocycles. The number of ether oxygens (including phenoxy) is 4. The van der Waals surface area contributed by atoms with E-state index in [2.05, 4.69) is 0 Å². The molecule has 0 saturated carbocycles. The van der Waals surface area contributed by atoms with Gasteiger partial charge in [-0.2, -0.15) is 0 Å². The van der Waals surface area contributed by atoms with E-state index < -0.39 is 0 Å². The molecule has 24 heavy (non-hydrogen) atoms. The van der Waals surface area contributed by atoms with E-state index in [1.165, 1.54) is 0 Å². The average Bonchev–Trinajstić information content (AvgIpc) is 2.59. The number of rotatable bonds is 9. The van der Waals surface area contributed by atoms with Crippen molar-refractivity contribution in [2.45, 2.75) is 32.5 Å². The summed E-state index contributed by atoms with van der Waals surface area (Å²) < 4.78 is 22.9. The highest BCUT2D eigenvalue weighted by molar-refractivity contribution is 6.17. The third-order valence-corrected chi connectivity index (χ3v) is 3.90. The Bertz CT molecular complexity index is 657. The van der Waals surface area contributed by atoms with Crippen LogP contribution in [0.3, 0.4) is 0 Å². The van der Waals surface area contributed by atoms with Gasteiger partial charge >= 0.3 is 0 Å². The Morgan fingerprint density at radius 2 is 1.75 bits per heavy atom. The van der Waals surface area contributed by atoms with Gasteiger partial charge in [0.2, 0.25) is 0 Å². The summed E-state index contributed by atoms with van der Waals surface area (Å²) in [6.07, 6.45) is 0.747. The van der Waals surface area contributed by atoms with E-state index in [-0.39, 0.29) is 12.2 Å². The lowest BCUT2D eigenvalue weighted by atomic mass is 10.1. The minimum Gasteiger partial charge on any atom is -0.493 e. The molecule has 1 atom stereocenters. The van der Waals surface area contributed by atoms with Crippen molar-refractivity contribution in [3.05, 3.63) is 30.3 Å². The van der Waals surface area contributed by atoms with E-state index in [4.69, 9.17) is 30.5 Å². The second-order valence-corrected chi connectivity index (χ2v) is 6.14. The molecule has 0 aliphatic heterocycles. The van der Waals surface area contributed by atoms with Crippen LogP contribution in [0.2, 0.25) is 0 Å². The summed E-state index contributed by atoms with van der Waals surface area (Å²) in [6.45, 7) is 4.42. The zero-order chi connectivity index (χ0) is 17.5. The number of halogens is 1. The summed E-state index contributed by atoms with van der Waals surface area (Å²) in [4.78, 5) is 0. The lowest BCUT2D eigenvalue weighted by Crippen LogP contribution is -2.21. The molecule has 2 rings (SSSR count). The van der Waals surface area contributed by atoms with Crippen LogP contribution >= 0.6 is 11.6 Å². The second-order valence-electron chi connectivity index (χ2n) is 5.76. The van der Waals surface area contributed by atoms with Crippen molar-refractivity contribution in [1.29, 1.82) is 0 Å². The molecule has 1 unspecified atom stereocenters. The Labute approximate surface area is 148 Å². The van der Waals surface area contributed by atoms with Crippen molar-refractivity contribution < 1.29 is 18.9 Å². The first kappa shape index (κ1) is 18.7. The number of benzene rings is 2. The standard InChI is InChI=1S/C19H25ClO4/c1-13(2)24-19-16-8-6-5-7-15(16)17(11-18(19)22-4)23-12-14(21-3)9-10-20/h5-8,11,13-14H,9-10,12H2,1-4H3. The van der Waals surface area contributed by atoms with Gasteiger partial charge in [-0.1, -0.05) is 24.3 Å². The molecule has 0 radical (unpaired) electrons. The number of fused-ring (bicyclic) bond motifs is 1. The lowest BCUT2D eigenvalue weighted by molar-refractivity contribution is 0.0566. The van der Waals surface area contributed by atoms with Crippen LogP contribution in [0.1, 0.15) is 20.3 Å². The van der Waals surface area contributed by atoms with Crippen LogP contribution in [-0.2, 0) is 4.74 Å². The monoisotopic (exact) mass is 352 g/mol. The minimum absolute atomic E-state index is 0.0427. The van der Waals surface area contributed by atoms with Crippen LogP contribution in [-0.4, -0.2) is 38.9 Å². The second kappa shape index (κ2) is 9.00. The largest absolute Gasteiger partial charge is 0.493 e.